The second-order valence-corrected chi connectivity index (χ2v) is 6.17. The van der Waals surface area contributed by atoms with Crippen LogP contribution in [0.25, 0.3) is 27.1 Å². The third kappa shape index (κ3) is 1.69. The van der Waals surface area contributed by atoms with E-state index in [4.69, 9.17) is 0 Å². The lowest BCUT2D eigenvalue weighted by Gasteiger charge is -1.95. The van der Waals surface area contributed by atoms with Crippen LogP contribution in [-0.2, 0) is 7.05 Å². The van der Waals surface area contributed by atoms with Crippen molar-refractivity contribution < 1.29 is 0 Å². The van der Waals surface area contributed by atoms with E-state index in [0.717, 1.165) is 32.7 Å². The first-order chi connectivity index (χ1) is 9.72. The molecule has 4 heterocycles. The van der Waals surface area contributed by atoms with Crippen LogP contribution in [0.15, 0.2) is 22.9 Å². The van der Waals surface area contributed by atoms with Crippen LogP contribution >= 0.6 is 22.7 Å². The highest BCUT2D eigenvalue weighted by atomic mass is 32.1. The number of hydrogen-bond donors (Lipinski definition) is 0. The van der Waals surface area contributed by atoms with E-state index < -0.39 is 0 Å². The van der Waals surface area contributed by atoms with Gasteiger partial charge >= 0.3 is 0 Å². The average Bonchev–Trinajstić information content (AvgIpc) is 3.11. The normalized spacial score (nSPS) is 11.5. The van der Waals surface area contributed by atoms with Gasteiger partial charge in [0, 0.05) is 18.0 Å². The summed E-state index contributed by atoms with van der Waals surface area (Å²) in [5, 5.41) is 22.4. The molecule has 4 rings (SSSR count). The predicted octanol–water partition coefficient (Wildman–Crippen LogP) is 2.62. The summed E-state index contributed by atoms with van der Waals surface area (Å²) < 4.78 is 3.63. The molecule has 0 bridgehead atoms. The molecular weight excluding hydrogens is 292 g/mol. The van der Waals surface area contributed by atoms with Crippen molar-refractivity contribution in [2.24, 2.45) is 7.05 Å². The Morgan fingerprint density at radius 3 is 2.80 bits per heavy atom. The zero-order chi connectivity index (χ0) is 13.7. The van der Waals surface area contributed by atoms with Gasteiger partial charge in [-0.3, -0.25) is 4.68 Å². The molecule has 4 aromatic heterocycles. The molecule has 0 fully saturated rings. The maximum Gasteiger partial charge on any atom is 0.235 e. The molecule has 0 spiro atoms. The van der Waals surface area contributed by atoms with Crippen molar-refractivity contribution in [1.82, 2.24) is 29.6 Å². The predicted molar refractivity (Wildman–Crippen MR) is 78.9 cm³/mol. The minimum atomic E-state index is 0.780. The van der Waals surface area contributed by atoms with E-state index in [1.165, 1.54) is 11.3 Å². The van der Waals surface area contributed by atoms with E-state index in [9.17, 15) is 0 Å². The minimum absolute atomic E-state index is 0.780. The average molecular weight is 302 g/mol. The molecule has 0 aliphatic rings. The van der Waals surface area contributed by atoms with Gasteiger partial charge in [0.15, 0.2) is 10.8 Å². The summed E-state index contributed by atoms with van der Waals surface area (Å²) >= 11 is 3.15. The second kappa shape index (κ2) is 4.22. The fraction of sp³-hybridized carbons (Fsp3) is 0.167. The molecule has 0 aliphatic carbocycles. The molecule has 20 heavy (non-hydrogen) atoms. The minimum Gasteiger partial charge on any atom is -0.265 e. The van der Waals surface area contributed by atoms with Gasteiger partial charge in [0.05, 0.1) is 11.4 Å². The van der Waals surface area contributed by atoms with Crippen LogP contribution in [0.3, 0.4) is 0 Å². The molecule has 0 amide bonds. The van der Waals surface area contributed by atoms with Crippen molar-refractivity contribution in [3.63, 3.8) is 0 Å². The molecule has 8 heteroatoms. The topological polar surface area (TPSA) is 60.9 Å². The molecule has 100 valence electrons. The monoisotopic (exact) mass is 302 g/mol. The van der Waals surface area contributed by atoms with Crippen LogP contribution < -0.4 is 0 Å². The third-order valence-corrected chi connectivity index (χ3v) is 4.60. The Morgan fingerprint density at radius 1 is 1.20 bits per heavy atom. The maximum atomic E-state index is 4.63. The van der Waals surface area contributed by atoms with Crippen LogP contribution in [0.1, 0.15) is 5.69 Å². The maximum absolute atomic E-state index is 4.63. The van der Waals surface area contributed by atoms with Gasteiger partial charge in [0.2, 0.25) is 4.96 Å². The SMILES string of the molecule is Cc1cc(-c2nn3c(-c4ccsc4)nnc3s2)n(C)n1. The molecule has 0 radical (unpaired) electrons. The second-order valence-electron chi connectivity index (χ2n) is 4.43. The van der Waals surface area contributed by atoms with E-state index in [-0.39, 0.29) is 0 Å². The fourth-order valence-corrected chi connectivity index (χ4v) is 3.62. The number of fused-ring (bicyclic) bond motifs is 1. The lowest BCUT2D eigenvalue weighted by Crippen LogP contribution is -1.95. The lowest BCUT2D eigenvalue weighted by molar-refractivity contribution is 0.761. The molecule has 0 atom stereocenters. The summed E-state index contributed by atoms with van der Waals surface area (Å²) in [6, 6.07) is 4.05. The van der Waals surface area contributed by atoms with Crippen LogP contribution in [0, 0.1) is 6.92 Å². The van der Waals surface area contributed by atoms with Gasteiger partial charge in [-0.25, -0.2) is 0 Å². The first-order valence-electron chi connectivity index (χ1n) is 5.98. The van der Waals surface area contributed by atoms with Crippen molar-refractivity contribution in [2.75, 3.05) is 0 Å². The summed E-state index contributed by atoms with van der Waals surface area (Å²) in [4.78, 5) is 0.792. The van der Waals surface area contributed by atoms with Gasteiger partial charge in [-0.2, -0.15) is 26.0 Å². The van der Waals surface area contributed by atoms with Gasteiger partial charge in [-0.15, -0.1) is 10.2 Å². The van der Waals surface area contributed by atoms with Gasteiger partial charge in [-0.05, 0) is 24.4 Å². The van der Waals surface area contributed by atoms with Crippen LogP contribution in [0.4, 0.5) is 0 Å². The molecule has 0 unspecified atom stereocenters. The first-order valence-corrected chi connectivity index (χ1v) is 7.74. The zero-order valence-electron chi connectivity index (χ0n) is 10.8. The summed E-state index contributed by atoms with van der Waals surface area (Å²) in [5.41, 5.74) is 3.02. The first kappa shape index (κ1) is 11.7. The molecule has 0 N–H and O–H groups in total. The van der Waals surface area contributed by atoms with Crippen LogP contribution in [0.2, 0.25) is 0 Å². The van der Waals surface area contributed by atoms with Gasteiger partial charge in [-0.1, -0.05) is 11.3 Å². The Balaban J connectivity index is 1.90. The highest BCUT2D eigenvalue weighted by Gasteiger charge is 2.16. The third-order valence-electron chi connectivity index (χ3n) is 2.99. The van der Waals surface area contributed by atoms with Crippen molar-refractivity contribution in [3.8, 4) is 22.1 Å². The smallest absolute Gasteiger partial charge is 0.235 e. The Hall–Kier alpha value is -2.06. The van der Waals surface area contributed by atoms with Crippen LogP contribution in [-0.4, -0.2) is 29.6 Å². The van der Waals surface area contributed by atoms with Gasteiger partial charge in [0.25, 0.3) is 0 Å². The van der Waals surface area contributed by atoms with Gasteiger partial charge < -0.3 is 0 Å². The molecule has 6 nitrogen and oxygen atoms in total. The number of rotatable bonds is 2. The van der Waals surface area contributed by atoms with E-state index >= 15 is 0 Å². The fourth-order valence-electron chi connectivity index (χ4n) is 2.10. The summed E-state index contributed by atoms with van der Waals surface area (Å²) in [6.07, 6.45) is 0. The highest BCUT2D eigenvalue weighted by molar-refractivity contribution is 7.19. The number of aromatic nitrogens is 6. The zero-order valence-corrected chi connectivity index (χ0v) is 12.4. The largest absolute Gasteiger partial charge is 0.265 e. The summed E-state index contributed by atoms with van der Waals surface area (Å²) in [5.74, 6) is 0.780. The highest BCUT2D eigenvalue weighted by Crippen LogP contribution is 2.28. The van der Waals surface area contributed by atoms with E-state index in [0.29, 0.717) is 0 Å². The molecule has 0 aromatic carbocycles. The number of hydrogen-bond acceptors (Lipinski definition) is 6. The lowest BCUT2D eigenvalue weighted by atomic mass is 10.3. The Bertz CT molecular complexity index is 883. The standard InChI is InChI=1S/C12H10N6S2/c1-7-5-9(17(2)15-7)11-16-18-10(8-3-4-19-6-8)13-14-12(18)20-11/h3-6H,1-2H3. The van der Waals surface area contributed by atoms with Crippen molar-refractivity contribution in [2.45, 2.75) is 6.92 Å². The molecule has 0 saturated heterocycles. The van der Waals surface area contributed by atoms with E-state index in [1.54, 1.807) is 15.9 Å². The molecular formula is C12H10N6S2. The quantitative estimate of drug-likeness (QED) is 0.571. The van der Waals surface area contributed by atoms with Crippen molar-refractivity contribution in [1.29, 1.82) is 0 Å². The van der Waals surface area contributed by atoms with Crippen LogP contribution in [0.5, 0.6) is 0 Å². The molecule has 0 saturated carbocycles. The number of nitrogens with zero attached hydrogens (tertiary/aromatic N) is 6. The molecule has 4 aromatic rings. The summed E-state index contributed by atoms with van der Waals surface area (Å²) in [7, 11) is 1.92. The van der Waals surface area contributed by atoms with Crippen molar-refractivity contribution >= 4 is 27.6 Å². The Labute approximate surface area is 122 Å². The van der Waals surface area contributed by atoms with Crippen molar-refractivity contribution in [3.05, 3.63) is 28.6 Å². The Morgan fingerprint density at radius 2 is 2.10 bits per heavy atom. The number of thiophene rings is 1. The molecule has 0 aliphatic heterocycles. The van der Waals surface area contributed by atoms with E-state index in [1.807, 2.05) is 41.5 Å². The Kier molecular flexibility index (Phi) is 2.48. The van der Waals surface area contributed by atoms with Gasteiger partial charge in [0.1, 0.15) is 0 Å². The van der Waals surface area contributed by atoms with E-state index in [2.05, 4.69) is 20.4 Å². The summed E-state index contributed by atoms with van der Waals surface area (Å²) in [6.45, 7) is 1.97. The number of aryl methyl sites for hydroxylation is 2.